The Kier molecular flexibility index (Phi) is 5.75. The highest BCUT2D eigenvalue weighted by Gasteiger charge is 2.12. The largest absolute Gasteiger partial charge is 0.310 e. The van der Waals surface area contributed by atoms with Crippen LogP contribution in [0.1, 0.15) is 31.4 Å². The van der Waals surface area contributed by atoms with E-state index in [1.54, 1.807) is 18.2 Å². The minimum Gasteiger partial charge on any atom is -0.310 e. The maximum atomic E-state index is 13.6. The van der Waals surface area contributed by atoms with Crippen LogP contribution in [0.15, 0.2) is 24.3 Å². The van der Waals surface area contributed by atoms with Crippen LogP contribution in [-0.4, -0.2) is 27.0 Å². The number of nitrogens with one attached hydrogen (secondary N) is 1. The Morgan fingerprint density at radius 1 is 1.33 bits per heavy atom. The van der Waals surface area contributed by atoms with Crippen LogP contribution < -0.4 is 5.32 Å². The van der Waals surface area contributed by atoms with Gasteiger partial charge in [0.25, 0.3) is 0 Å². The molecule has 3 nitrogen and oxygen atoms in total. The second-order valence-corrected chi connectivity index (χ2v) is 6.68. The molecule has 1 unspecified atom stereocenters. The zero-order valence-corrected chi connectivity index (χ0v) is 11.6. The molecule has 1 rings (SSSR count). The van der Waals surface area contributed by atoms with E-state index in [2.05, 4.69) is 5.32 Å². The van der Waals surface area contributed by atoms with Gasteiger partial charge in [-0.05, 0) is 25.5 Å². The molecule has 0 aromatic heterocycles. The van der Waals surface area contributed by atoms with Crippen molar-refractivity contribution in [2.24, 2.45) is 0 Å². The van der Waals surface area contributed by atoms with Gasteiger partial charge in [0, 0.05) is 17.9 Å². The van der Waals surface area contributed by atoms with E-state index in [1.165, 1.54) is 12.3 Å². The topological polar surface area (TPSA) is 46.2 Å². The van der Waals surface area contributed by atoms with E-state index in [4.69, 9.17) is 0 Å². The average Bonchev–Trinajstić information content (AvgIpc) is 2.29. The maximum absolute atomic E-state index is 13.6. The van der Waals surface area contributed by atoms with Crippen LogP contribution in [0, 0.1) is 5.82 Å². The van der Waals surface area contributed by atoms with Gasteiger partial charge in [0.15, 0.2) is 0 Å². The zero-order chi connectivity index (χ0) is 13.6. The molecule has 0 heterocycles. The number of hydrogen-bond acceptors (Lipinski definition) is 3. The number of sulfone groups is 1. The number of halogens is 1. The minimum absolute atomic E-state index is 0.0641. The molecule has 102 valence electrons. The third kappa shape index (κ3) is 5.14. The Labute approximate surface area is 108 Å². The molecule has 18 heavy (non-hydrogen) atoms. The predicted octanol–water partition coefficient (Wildman–Crippen LogP) is 2.30. The molecular weight excluding hydrogens is 253 g/mol. The second kappa shape index (κ2) is 6.85. The fourth-order valence-electron chi connectivity index (χ4n) is 1.84. The molecule has 0 saturated heterocycles. The lowest BCUT2D eigenvalue weighted by Gasteiger charge is -2.17. The van der Waals surface area contributed by atoms with E-state index in [9.17, 15) is 12.8 Å². The molecule has 0 saturated carbocycles. The third-order valence-electron chi connectivity index (χ3n) is 2.77. The third-order valence-corrected chi connectivity index (χ3v) is 3.80. The molecule has 1 aromatic rings. The summed E-state index contributed by atoms with van der Waals surface area (Å²) < 4.78 is 35.6. The summed E-state index contributed by atoms with van der Waals surface area (Å²) in [6.45, 7) is 2.54. The monoisotopic (exact) mass is 273 g/mol. The average molecular weight is 273 g/mol. The van der Waals surface area contributed by atoms with Gasteiger partial charge in [0.05, 0.1) is 5.75 Å². The van der Waals surface area contributed by atoms with Crippen LogP contribution >= 0.6 is 0 Å². The summed E-state index contributed by atoms with van der Waals surface area (Å²) in [6.07, 6.45) is 2.53. The highest BCUT2D eigenvalue weighted by atomic mass is 32.2. The summed E-state index contributed by atoms with van der Waals surface area (Å²) >= 11 is 0. The molecule has 0 aliphatic rings. The number of hydrogen-bond donors (Lipinski definition) is 1. The Bertz CT molecular complexity index is 474. The molecule has 1 N–H and O–H groups in total. The van der Waals surface area contributed by atoms with E-state index in [1.807, 2.05) is 6.92 Å². The van der Waals surface area contributed by atoms with Crippen molar-refractivity contribution >= 4 is 9.84 Å². The van der Waals surface area contributed by atoms with Crippen molar-refractivity contribution in [1.29, 1.82) is 0 Å². The van der Waals surface area contributed by atoms with Crippen molar-refractivity contribution in [2.45, 2.75) is 25.8 Å². The molecule has 0 fully saturated rings. The van der Waals surface area contributed by atoms with Gasteiger partial charge in [-0.25, -0.2) is 12.8 Å². The summed E-state index contributed by atoms with van der Waals surface area (Å²) in [7, 11) is -2.92. The Hall–Kier alpha value is -0.940. The summed E-state index contributed by atoms with van der Waals surface area (Å²) in [6, 6.07) is 6.60. The first kappa shape index (κ1) is 15.1. The van der Waals surface area contributed by atoms with Crippen LogP contribution in [0.2, 0.25) is 0 Å². The maximum Gasteiger partial charge on any atom is 0.147 e. The number of rotatable bonds is 7. The molecular formula is C13H20FNO2S. The predicted molar refractivity (Wildman–Crippen MR) is 71.8 cm³/mol. The molecule has 5 heteroatoms. The summed E-state index contributed by atoms with van der Waals surface area (Å²) in [5.41, 5.74) is 0.638. The molecule has 1 atom stereocenters. The molecule has 0 spiro atoms. The van der Waals surface area contributed by atoms with Crippen molar-refractivity contribution in [1.82, 2.24) is 5.32 Å². The first-order valence-corrected chi connectivity index (χ1v) is 8.15. The Balaban J connectivity index is 2.51. The SMILES string of the molecule is CCC(NCCCS(C)(=O)=O)c1ccccc1F. The molecule has 0 radical (unpaired) electrons. The van der Waals surface area contributed by atoms with Gasteiger partial charge in [-0.2, -0.15) is 0 Å². The van der Waals surface area contributed by atoms with E-state index in [0.29, 0.717) is 18.5 Å². The molecule has 0 aliphatic heterocycles. The van der Waals surface area contributed by atoms with Gasteiger partial charge in [-0.1, -0.05) is 25.1 Å². The van der Waals surface area contributed by atoms with Crippen LogP contribution in [0.25, 0.3) is 0 Å². The van der Waals surface area contributed by atoms with E-state index in [0.717, 1.165) is 6.42 Å². The smallest absolute Gasteiger partial charge is 0.147 e. The van der Waals surface area contributed by atoms with Gasteiger partial charge in [-0.15, -0.1) is 0 Å². The Morgan fingerprint density at radius 3 is 2.56 bits per heavy atom. The summed E-state index contributed by atoms with van der Waals surface area (Å²) in [4.78, 5) is 0. The fraction of sp³-hybridized carbons (Fsp3) is 0.538. The summed E-state index contributed by atoms with van der Waals surface area (Å²) in [5.74, 6) is -0.0618. The van der Waals surface area contributed by atoms with Crippen molar-refractivity contribution in [3.8, 4) is 0 Å². The van der Waals surface area contributed by atoms with Crippen LogP contribution in [0.4, 0.5) is 4.39 Å². The Morgan fingerprint density at radius 2 is 2.00 bits per heavy atom. The molecule has 0 amide bonds. The van der Waals surface area contributed by atoms with Crippen molar-refractivity contribution in [3.63, 3.8) is 0 Å². The van der Waals surface area contributed by atoms with Crippen molar-refractivity contribution in [2.75, 3.05) is 18.6 Å². The zero-order valence-electron chi connectivity index (χ0n) is 10.8. The van der Waals surface area contributed by atoms with Gasteiger partial charge in [0.1, 0.15) is 15.7 Å². The number of benzene rings is 1. The summed E-state index contributed by atoms with van der Waals surface area (Å²) in [5, 5.41) is 3.19. The van der Waals surface area contributed by atoms with Crippen molar-refractivity contribution in [3.05, 3.63) is 35.6 Å². The minimum atomic E-state index is -2.92. The lowest BCUT2D eigenvalue weighted by Crippen LogP contribution is -2.24. The normalized spacial score (nSPS) is 13.5. The van der Waals surface area contributed by atoms with Gasteiger partial charge in [0.2, 0.25) is 0 Å². The van der Waals surface area contributed by atoms with Gasteiger partial charge in [-0.3, -0.25) is 0 Å². The molecule has 1 aromatic carbocycles. The highest BCUT2D eigenvalue weighted by Crippen LogP contribution is 2.19. The second-order valence-electron chi connectivity index (χ2n) is 4.42. The highest BCUT2D eigenvalue weighted by molar-refractivity contribution is 7.90. The van der Waals surface area contributed by atoms with Crippen LogP contribution in [0.3, 0.4) is 0 Å². The van der Waals surface area contributed by atoms with E-state index < -0.39 is 9.84 Å². The van der Waals surface area contributed by atoms with E-state index >= 15 is 0 Å². The lowest BCUT2D eigenvalue weighted by molar-refractivity contribution is 0.487. The van der Waals surface area contributed by atoms with Gasteiger partial charge < -0.3 is 5.32 Å². The molecule has 0 aliphatic carbocycles. The lowest BCUT2D eigenvalue weighted by atomic mass is 10.0. The van der Waals surface area contributed by atoms with Crippen LogP contribution in [0.5, 0.6) is 0 Å². The van der Waals surface area contributed by atoms with Gasteiger partial charge >= 0.3 is 0 Å². The molecule has 0 bridgehead atoms. The fourth-order valence-corrected chi connectivity index (χ4v) is 2.51. The quantitative estimate of drug-likeness (QED) is 0.775. The first-order valence-electron chi connectivity index (χ1n) is 6.09. The van der Waals surface area contributed by atoms with E-state index in [-0.39, 0.29) is 17.6 Å². The van der Waals surface area contributed by atoms with Crippen molar-refractivity contribution < 1.29 is 12.8 Å². The first-order chi connectivity index (χ1) is 8.44. The van der Waals surface area contributed by atoms with Crippen LogP contribution in [-0.2, 0) is 9.84 Å². The standard InChI is InChI=1S/C13H20FNO2S/c1-3-13(11-7-4-5-8-12(11)14)15-9-6-10-18(2,16)17/h4-5,7-8,13,15H,3,6,9-10H2,1-2H3.